The average Bonchev–Trinajstić information content (AvgIpc) is 2.85. The number of methoxy groups -OCH3 is 1. The number of rotatable bonds is 4. The molecule has 6 nitrogen and oxygen atoms in total. The molecular weight excluding hydrogens is 342 g/mol. The van der Waals surface area contributed by atoms with Crippen LogP contribution in [0.1, 0.15) is 5.56 Å². The summed E-state index contributed by atoms with van der Waals surface area (Å²) in [5.41, 5.74) is 3.18. The summed E-state index contributed by atoms with van der Waals surface area (Å²) >= 11 is 0. The lowest BCUT2D eigenvalue weighted by molar-refractivity contribution is -0.118. The minimum atomic E-state index is -0.358. The molecule has 0 aliphatic carbocycles. The first-order valence-corrected chi connectivity index (χ1v) is 9.17. The largest absolute Gasteiger partial charge is 0.497 e. The van der Waals surface area contributed by atoms with Gasteiger partial charge in [-0.3, -0.25) is 9.69 Å². The van der Waals surface area contributed by atoms with Crippen LogP contribution in [0.3, 0.4) is 0 Å². The monoisotopic (exact) mass is 365 g/mol. The first kappa shape index (κ1) is 17.7. The predicted octanol–water partition coefficient (Wildman–Crippen LogP) is 2.72. The van der Waals surface area contributed by atoms with Gasteiger partial charge in [0.1, 0.15) is 5.75 Å². The number of nitrogens with zero attached hydrogens (tertiary/aromatic N) is 2. The van der Waals surface area contributed by atoms with Crippen LogP contribution in [0.25, 0.3) is 0 Å². The molecule has 2 aliphatic heterocycles. The van der Waals surface area contributed by atoms with Crippen LogP contribution >= 0.6 is 0 Å². The maximum atomic E-state index is 13.1. The van der Waals surface area contributed by atoms with Crippen molar-refractivity contribution in [3.63, 3.8) is 0 Å². The molecule has 1 amide bonds. The Bertz CT molecular complexity index is 845. The Kier molecular flexibility index (Phi) is 5.18. The van der Waals surface area contributed by atoms with Crippen LogP contribution in [-0.2, 0) is 9.53 Å². The van der Waals surface area contributed by atoms with E-state index in [0.29, 0.717) is 31.2 Å². The molecule has 0 radical (unpaired) electrons. The van der Waals surface area contributed by atoms with Gasteiger partial charge < -0.3 is 14.8 Å². The average molecular weight is 365 g/mol. The van der Waals surface area contributed by atoms with E-state index >= 15 is 0 Å². The van der Waals surface area contributed by atoms with Crippen molar-refractivity contribution in [1.82, 2.24) is 4.90 Å². The standard InChI is InChI=1S/C21H23N3O3/c1-26-16-7-8-18-19(13-16)23-21(25)17(14-24-9-11-27-12-10-24)20(22-18)15-5-3-2-4-6-15/h2-8,13,17H,9-12,14H2,1H3,(H,23,25). The molecule has 2 aromatic rings. The summed E-state index contributed by atoms with van der Waals surface area (Å²) in [7, 11) is 1.61. The van der Waals surface area contributed by atoms with Crippen LogP contribution in [0.15, 0.2) is 53.5 Å². The molecule has 140 valence electrons. The second kappa shape index (κ2) is 7.90. The van der Waals surface area contributed by atoms with E-state index in [0.717, 1.165) is 30.1 Å². The molecule has 0 bridgehead atoms. The fourth-order valence-corrected chi connectivity index (χ4v) is 3.48. The fraction of sp³-hybridized carbons (Fsp3) is 0.333. The zero-order chi connectivity index (χ0) is 18.6. The maximum Gasteiger partial charge on any atom is 0.234 e. The highest BCUT2D eigenvalue weighted by molar-refractivity contribution is 6.19. The zero-order valence-corrected chi connectivity index (χ0v) is 15.4. The molecule has 1 saturated heterocycles. The Labute approximate surface area is 158 Å². The number of hydrogen-bond acceptors (Lipinski definition) is 5. The van der Waals surface area contributed by atoms with Crippen LogP contribution in [0.4, 0.5) is 11.4 Å². The molecule has 2 aromatic carbocycles. The number of benzene rings is 2. The van der Waals surface area contributed by atoms with Crippen LogP contribution in [0, 0.1) is 5.92 Å². The van der Waals surface area contributed by atoms with E-state index in [-0.39, 0.29) is 11.8 Å². The molecule has 27 heavy (non-hydrogen) atoms. The van der Waals surface area contributed by atoms with Crippen LogP contribution in [0.2, 0.25) is 0 Å². The molecule has 0 spiro atoms. The number of fused-ring (bicyclic) bond motifs is 1. The van der Waals surface area contributed by atoms with Crippen molar-refractivity contribution >= 4 is 23.0 Å². The second-order valence-corrected chi connectivity index (χ2v) is 6.70. The lowest BCUT2D eigenvalue weighted by atomic mass is 9.95. The normalized spacial score (nSPS) is 20.3. The highest BCUT2D eigenvalue weighted by Crippen LogP contribution is 2.34. The minimum absolute atomic E-state index is 0.0453. The summed E-state index contributed by atoms with van der Waals surface area (Å²) in [5.74, 6) is 0.289. The van der Waals surface area contributed by atoms with Crippen molar-refractivity contribution in [2.45, 2.75) is 0 Å². The van der Waals surface area contributed by atoms with Crippen molar-refractivity contribution in [3.8, 4) is 5.75 Å². The van der Waals surface area contributed by atoms with Crippen molar-refractivity contribution in [3.05, 3.63) is 54.1 Å². The molecule has 1 N–H and O–H groups in total. The number of aliphatic imine (C=N–C) groups is 1. The van der Waals surface area contributed by atoms with Gasteiger partial charge >= 0.3 is 0 Å². The van der Waals surface area contributed by atoms with Crippen molar-refractivity contribution in [2.24, 2.45) is 10.9 Å². The smallest absolute Gasteiger partial charge is 0.234 e. The summed E-state index contributed by atoms with van der Waals surface area (Å²) < 4.78 is 10.7. The first-order valence-electron chi connectivity index (χ1n) is 9.17. The van der Waals surface area contributed by atoms with Crippen LogP contribution in [-0.4, -0.2) is 56.5 Å². The molecule has 2 heterocycles. The van der Waals surface area contributed by atoms with E-state index in [1.165, 1.54) is 0 Å². The molecule has 2 aliphatic rings. The number of anilines is 1. The third kappa shape index (κ3) is 3.86. The Morgan fingerprint density at radius 2 is 1.96 bits per heavy atom. The number of ether oxygens (including phenoxy) is 2. The molecule has 1 atom stereocenters. The summed E-state index contributed by atoms with van der Waals surface area (Å²) in [5, 5.41) is 3.05. The predicted molar refractivity (Wildman–Crippen MR) is 105 cm³/mol. The highest BCUT2D eigenvalue weighted by Gasteiger charge is 2.31. The van der Waals surface area contributed by atoms with E-state index in [1.807, 2.05) is 48.5 Å². The molecule has 0 saturated carbocycles. The van der Waals surface area contributed by atoms with Gasteiger partial charge in [-0.2, -0.15) is 0 Å². The van der Waals surface area contributed by atoms with Gasteiger partial charge in [-0.25, -0.2) is 4.99 Å². The molecule has 0 aromatic heterocycles. The number of nitrogens with one attached hydrogen (secondary N) is 1. The quantitative estimate of drug-likeness (QED) is 0.905. The molecule has 4 rings (SSSR count). The van der Waals surface area contributed by atoms with Gasteiger partial charge in [0.05, 0.1) is 43.3 Å². The van der Waals surface area contributed by atoms with Crippen LogP contribution < -0.4 is 10.1 Å². The second-order valence-electron chi connectivity index (χ2n) is 6.70. The number of morpholine rings is 1. The number of carbonyl (C=O) groups excluding carboxylic acids is 1. The number of carbonyl (C=O) groups is 1. The van der Waals surface area contributed by atoms with Gasteiger partial charge in [0, 0.05) is 25.7 Å². The lowest BCUT2D eigenvalue weighted by Gasteiger charge is -2.30. The van der Waals surface area contributed by atoms with E-state index in [9.17, 15) is 4.79 Å². The first-order chi connectivity index (χ1) is 13.2. The number of hydrogen-bond donors (Lipinski definition) is 1. The molecule has 6 heteroatoms. The van der Waals surface area contributed by atoms with Gasteiger partial charge in [0.2, 0.25) is 5.91 Å². The third-order valence-corrected chi connectivity index (χ3v) is 4.96. The molecule has 1 fully saturated rings. The number of amides is 1. The van der Waals surface area contributed by atoms with E-state index in [4.69, 9.17) is 14.5 Å². The van der Waals surface area contributed by atoms with Crippen molar-refractivity contribution in [2.75, 3.05) is 45.3 Å². The SMILES string of the molecule is COc1ccc2c(c1)NC(=O)C(CN1CCOCC1)C(c1ccccc1)=N2. The zero-order valence-electron chi connectivity index (χ0n) is 15.4. The third-order valence-electron chi connectivity index (χ3n) is 4.96. The van der Waals surface area contributed by atoms with Crippen molar-refractivity contribution < 1.29 is 14.3 Å². The van der Waals surface area contributed by atoms with Gasteiger partial charge in [-0.1, -0.05) is 30.3 Å². The summed E-state index contributed by atoms with van der Waals surface area (Å²) in [6.07, 6.45) is 0. The van der Waals surface area contributed by atoms with E-state index < -0.39 is 0 Å². The summed E-state index contributed by atoms with van der Waals surface area (Å²) in [6, 6.07) is 15.5. The Morgan fingerprint density at radius 3 is 2.70 bits per heavy atom. The van der Waals surface area contributed by atoms with Gasteiger partial charge in [0.25, 0.3) is 0 Å². The van der Waals surface area contributed by atoms with Gasteiger partial charge in [-0.05, 0) is 17.7 Å². The maximum absolute atomic E-state index is 13.1. The van der Waals surface area contributed by atoms with E-state index in [2.05, 4.69) is 10.2 Å². The lowest BCUT2D eigenvalue weighted by Crippen LogP contribution is -2.44. The summed E-state index contributed by atoms with van der Waals surface area (Å²) in [6.45, 7) is 3.67. The highest BCUT2D eigenvalue weighted by atomic mass is 16.5. The topological polar surface area (TPSA) is 63.2 Å². The van der Waals surface area contributed by atoms with Gasteiger partial charge in [-0.15, -0.1) is 0 Å². The minimum Gasteiger partial charge on any atom is -0.497 e. The summed E-state index contributed by atoms with van der Waals surface area (Å²) in [4.78, 5) is 20.3. The fourth-order valence-electron chi connectivity index (χ4n) is 3.48. The van der Waals surface area contributed by atoms with Crippen LogP contribution in [0.5, 0.6) is 5.75 Å². The van der Waals surface area contributed by atoms with E-state index in [1.54, 1.807) is 7.11 Å². The molecular formula is C21H23N3O3. The van der Waals surface area contributed by atoms with Crippen molar-refractivity contribution in [1.29, 1.82) is 0 Å². The Morgan fingerprint density at radius 1 is 1.19 bits per heavy atom. The molecule has 1 unspecified atom stereocenters. The van der Waals surface area contributed by atoms with Gasteiger partial charge in [0.15, 0.2) is 0 Å². The Hall–Kier alpha value is -2.70. The Balaban J connectivity index is 1.74.